The van der Waals surface area contributed by atoms with Crippen molar-refractivity contribution in [2.75, 3.05) is 4.90 Å². The number of anilines is 1. The van der Waals surface area contributed by atoms with Crippen LogP contribution in [0.5, 0.6) is 5.75 Å². The molecule has 10 heteroatoms. The van der Waals surface area contributed by atoms with Crippen molar-refractivity contribution >= 4 is 63.8 Å². The van der Waals surface area contributed by atoms with Crippen molar-refractivity contribution in [1.29, 1.82) is 0 Å². The van der Waals surface area contributed by atoms with E-state index in [2.05, 4.69) is 4.98 Å². The molecule has 0 radical (unpaired) electrons. The van der Waals surface area contributed by atoms with Crippen LogP contribution in [0.3, 0.4) is 0 Å². The number of carbonyl (C=O) groups excluding carboxylic acids is 2. The van der Waals surface area contributed by atoms with Gasteiger partial charge in [-0.15, -0.1) is 0 Å². The number of halogens is 2. The van der Waals surface area contributed by atoms with Gasteiger partial charge in [0.15, 0.2) is 0 Å². The third-order valence-electron chi connectivity index (χ3n) is 6.86. The number of nitrogens with zero attached hydrogens (tertiary/aromatic N) is 1. The van der Waals surface area contributed by atoms with Crippen molar-refractivity contribution in [3.05, 3.63) is 108 Å². The third-order valence-corrected chi connectivity index (χ3v) is 9.75. The van der Waals surface area contributed by atoms with E-state index < -0.39 is 17.1 Å². The van der Waals surface area contributed by atoms with Crippen LogP contribution in [0.25, 0.3) is 0 Å². The van der Waals surface area contributed by atoms with Crippen LogP contribution in [0.4, 0.5) is 5.69 Å². The second kappa shape index (κ2) is 9.93. The zero-order chi connectivity index (χ0) is 26.6. The molecule has 3 aromatic carbocycles. The molecule has 0 spiro atoms. The molecule has 38 heavy (non-hydrogen) atoms. The fraction of sp³-hybridized carbons (Fsp3) is 0.179. The molecule has 6 rings (SSSR count). The Morgan fingerprint density at radius 2 is 1.68 bits per heavy atom. The number of ether oxygens (including phenoxy) is 1. The Balaban J connectivity index is 1.45. The molecule has 2 aliphatic rings. The molecule has 1 saturated heterocycles. The summed E-state index contributed by atoms with van der Waals surface area (Å²) in [7, 11) is 0. The van der Waals surface area contributed by atoms with E-state index >= 15 is 0 Å². The fourth-order valence-corrected chi connectivity index (χ4v) is 7.83. The van der Waals surface area contributed by atoms with Crippen molar-refractivity contribution in [3.8, 4) is 5.75 Å². The first-order valence-corrected chi connectivity index (χ1v) is 14.3. The molecule has 2 amide bonds. The Bertz CT molecular complexity index is 1630. The lowest BCUT2D eigenvalue weighted by Gasteiger charge is -2.31. The molecule has 2 aliphatic heterocycles. The largest absolute Gasteiger partial charge is 0.489 e. The van der Waals surface area contributed by atoms with Gasteiger partial charge in [0.1, 0.15) is 17.6 Å². The molecule has 0 aliphatic carbocycles. The monoisotopic (exact) mass is 582 g/mol. The van der Waals surface area contributed by atoms with Gasteiger partial charge in [0.2, 0.25) is 11.8 Å². The van der Waals surface area contributed by atoms with Gasteiger partial charge in [0.25, 0.3) is 0 Å². The molecule has 0 unspecified atom stereocenters. The van der Waals surface area contributed by atoms with Crippen LogP contribution in [0.2, 0.25) is 10.0 Å². The number of hydrogen-bond donors (Lipinski definition) is 1. The summed E-state index contributed by atoms with van der Waals surface area (Å²) >= 11 is 14.8. The molecule has 3 atom stereocenters. The Morgan fingerprint density at radius 1 is 0.947 bits per heavy atom. The second-order valence-corrected chi connectivity index (χ2v) is 12.2. The first-order valence-electron chi connectivity index (χ1n) is 11.8. The van der Waals surface area contributed by atoms with Crippen molar-refractivity contribution < 1.29 is 14.3 Å². The number of aromatic nitrogens is 1. The van der Waals surface area contributed by atoms with E-state index in [0.717, 1.165) is 22.5 Å². The van der Waals surface area contributed by atoms with Gasteiger partial charge in [0, 0.05) is 26.4 Å². The predicted molar refractivity (Wildman–Crippen MR) is 151 cm³/mol. The summed E-state index contributed by atoms with van der Waals surface area (Å²) in [6, 6.07) is 19.8. The number of rotatable bonds is 5. The van der Waals surface area contributed by atoms with E-state index in [1.807, 2.05) is 31.2 Å². The van der Waals surface area contributed by atoms with Gasteiger partial charge < -0.3 is 9.72 Å². The summed E-state index contributed by atoms with van der Waals surface area (Å²) in [5.41, 5.74) is 3.24. The number of H-pyrrole nitrogens is 1. The molecular formula is C28H20Cl2N2O4S2. The van der Waals surface area contributed by atoms with Crippen LogP contribution < -0.4 is 14.5 Å². The summed E-state index contributed by atoms with van der Waals surface area (Å²) in [5, 5.41) is 0.847. The first-order chi connectivity index (χ1) is 18.3. The molecular weight excluding hydrogens is 563 g/mol. The Labute approximate surface area is 236 Å². The van der Waals surface area contributed by atoms with Crippen LogP contribution in [0, 0.1) is 12.8 Å². The van der Waals surface area contributed by atoms with Crippen LogP contribution in [0.1, 0.15) is 27.5 Å². The molecule has 192 valence electrons. The first kappa shape index (κ1) is 25.2. The van der Waals surface area contributed by atoms with Crippen molar-refractivity contribution in [1.82, 2.24) is 4.98 Å². The normalized spacial score (nSPS) is 20.4. The minimum absolute atomic E-state index is 0.244. The highest BCUT2D eigenvalue weighted by Crippen LogP contribution is 2.54. The molecule has 1 aromatic heterocycles. The van der Waals surface area contributed by atoms with E-state index in [9.17, 15) is 14.4 Å². The lowest BCUT2D eigenvalue weighted by Crippen LogP contribution is -2.32. The number of fused-ring (bicyclic) bond motifs is 2. The van der Waals surface area contributed by atoms with Crippen LogP contribution in [0.15, 0.2) is 76.6 Å². The van der Waals surface area contributed by atoms with E-state index in [1.165, 1.54) is 16.7 Å². The Hall–Kier alpha value is -3.04. The molecule has 6 nitrogen and oxygen atoms in total. The number of amides is 2. The lowest BCUT2D eigenvalue weighted by molar-refractivity contribution is -0.122. The number of nitrogens with one attached hydrogen (secondary N) is 1. The number of thiazole rings is 1. The smallest absolute Gasteiger partial charge is 0.305 e. The van der Waals surface area contributed by atoms with Crippen LogP contribution >= 0.6 is 46.3 Å². The standard InChI is InChI=1S/C28H20Cl2N2O4S2/c1-14-4-2-3-5-15(14)13-36-20-11-8-17(30)12-19(20)21-22-24(37-25-23(21)38-28(35)31-25)27(34)32(26(22)33)18-9-6-16(29)7-10-18/h2-12,21-22,24H,13H2,1H3,(H,31,35)/t21-,22-,24+/m0/s1. The number of carbonyl (C=O) groups is 2. The number of aromatic amines is 1. The van der Waals surface area contributed by atoms with Gasteiger partial charge in [-0.05, 0) is 60.5 Å². The fourth-order valence-electron chi connectivity index (χ4n) is 5.02. The van der Waals surface area contributed by atoms with Gasteiger partial charge in [-0.2, -0.15) is 0 Å². The second-order valence-electron chi connectivity index (χ2n) is 9.14. The third kappa shape index (κ3) is 4.35. The summed E-state index contributed by atoms with van der Waals surface area (Å²) in [5.74, 6) is -1.47. The molecule has 0 bridgehead atoms. The summed E-state index contributed by atoms with van der Waals surface area (Å²) < 4.78 is 6.30. The summed E-state index contributed by atoms with van der Waals surface area (Å²) in [6.45, 7) is 2.33. The molecule has 1 fully saturated rings. The number of aryl methyl sites for hydroxylation is 1. The highest BCUT2D eigenvalue weighted by atomic mass is 35.5. The number of thioether (sulfide) groups is 1. The predicted octanol–water partition coefficient (Wildman–Crippen LogP) is 6.43. The van der Waals surface area contributed by atoms with Gasteiger partial charge in [-0.1, -0.05) is 70.6 Å². The lowest BCUT2D eigenvalue weighted by atomic mass is 9.82. The maximum atomic E-state index is 14.0. The van der Waals surface area contributed by atoms with E-state index in [0.29, 0.717) is 43.6 Å². The minimum atomic E-state index is -0.749. The van der Waals surface area contributed by atoms with Crippen LogP contribution in [-0.4, -0.2) is 22.0 Å². The Morgan fingerprint density at radius 3 is 2.45 bits per heavy atom. The topological polar surface area (TPSA) is 79.5 Å². The van der Waals surface area contributed by atoms with E-state index in [-0.39, 0.29) is 16.7 Å². The average molecular weight is 584 g/mol. The zero-order valence-corrected chi connectivity index (χ0v) is 23.1. The quantitative estimate of drug-likeness (QED) is 0.274. The van der Waals surface area contributed by atoms with Crippen LogP contribution in [-0.2, 0) is 16.2 Å². The SMILES string of the molecule is Cc1ccccc1COc1ccc(Cl)cc1[C@@H]1c2sc(=O)[nH]c2S[C@H]2C(=O)N(c3ccc(Cl)cc3)C(=O)[C@@H]12. The average Bonchev–Trinajstić information content (AvgIpc) is 3.39. The van der Waals surface area contributed by atoms with Gasteiger partial charge in [-0.3, -0.25) is 14.4 Å². The minimum Gasteiger partial charge on any atom is -0.489 e. The van der Waals surface area contributed by atoms with Crippen molar-refractivity contribution in [2.24, 2.45) is 5.92 Å². The number of hydrogen-bond acceptors (Lipinski definition) is 6. The highest BCUT2D eigenvalue weighted by Gasteiger charge is 2.56. The van der Waals surface area contributed by atoms with Gasteiger partial charge in [0.05, 0.1) is 16.6 Å². The highest BCUT2D eigenvalue weighted by molar-refractivity contribution is 8.00. The zero-order valence-electron chi connectivity index (χ0n) is 19.9. The van der Waals surface area contributed by atoms with E-state index in [1.54, 1.807) is 42.5 Å². The van der Waals surface area contributed by atoms with Crippen molar-refractivity contribution in [3.63, 3.8) is 0 Å². The van der Waals surface area contributed by atoms with Gasteiger partial charge >= 0.3 is 4.87 Å². The maximum Gasteiger partial charge on any atom is 0.305 e. The van der Waals surface area contributed by atoms with Gasteiger partial charge in [-0.25, -0.2) is 4.90 Å². The summed E-state index contributed by atoms with van der Waals surface area (Å²) in [6.07, 6.45) is 0. The summed E-state index contributed by atoms with van der Waals surface area (Å²) in [4.78, 5) is 44.6. The Kier molecular flexibility index (Phi) is 6.60. The van der Waals surface area contributed by atoms with E-state index in [4.69, 9.17) is 27.9 Å². The molecule has 4 aromatic rings. The molecule has 0 saturated carbocycles. The molecule has 1 N–H and O–H groups in total. The number of imide groups is 1. The molecule has 3 heterocycles. The van der Waals surface area contributed by atoms with Crippen molar-refractivity contribution in [2.45, 2.75) is 29.7 Å². The number of benzene rings is 3. The maximum absolute atomic E-state index is 14.0.